The van der Waals surface area contributed by atoms with Crippen molar-refractivity contribution in [3.8, 4) is 11.5 Å². The molecule has 0 saturated heterocycles. The van der Waals surface area contributed by atoms with Crippen LogP contribution in [0.1, 0.15) is 26.3 Å². The number of hydrogen-bond acceptors (Lipinski definition) is 4. The Morgan fingerprint density at radius 1 is 0.875 bits per heavy atom. The molecule has 0 aromatic heterocycles. The lowest BCUT2D eigenvalue weighted by Crippen LogP contribution is -2.14. The van der Waals surface area contributed by atoms with Crippen molar-refractivity contribution >= 4 is 15.7 Å². The van der Waals surface area contributed by atoms with Crippen LogP contribution in [-0.2, 0) is 15.4 Å². The highest BCUT2D eigenvalue weighted by atomic mass is 32.2. The van der Waals surface area contributed by atoms with Gasteiger partial charge in [0.1, 0.15) is 0 Å². The Hall–Kier alpha value is -2.21. The third-order valence-electron chi connectivity index (χ3n) is 3.67. The third kappa shape index (κ3) is 4.00. The van der Waals surface area contributed by atoms with Crippen LogP contribution in [0.25, 0.3) is 0 Å². The van der Waals surface area contributed by atoms with Gasteiger partial charge >= 0.3 is 0 Å². The van der Waals surface area contributed by atoms with E-state index >= 15 is 0 Å². The van der Waals surface area contributed by atoms with E-state index in [0.29, 0.717) is 17.2 Å². The Bertz CT molecular complexity index is 806. The topological polar surface area (TPSA) is 64.6 Å². The van der Waals surface area contributed by atoms with Crippen molar-refractivity contribution in [2.45, 2.75) is 31.1 Å². The van der Waals surface area contributed by atoms with Crippen molar-refractivity contribution in [1.29, 1.82) is 0 Å². The standard InChI is InChI=1S/C18H23NO4S/c1-18(2,3)13-6-8-14(9-7-13)19-24(20,21)15-10-11-16(22-4)17(12-15)23-5/h6-12,19H,1-5H3. The number of hydrogen-bond donors (Lipinski definition) is 1. The number of nitrogens with one attached hydrogen (secondary N) is 1. The zero-order chi connectivity index (χ0) is 18.0. The summed E-state index contributed by atoms with van der Waals surface area (Å²) >= 11 is 0. The van der Waals surface area contributed by atoms with Gasteiger partial charge in [0.25, 0.3) is 10.0 Å². The van der Waals surface area contributed by atoms with Gasteiger partial charge in [0.05, 0.1) is 19.1 Å². The summed E-state index contributed by atoms with van der Waals surface area (Å²) in [5.74, 6) is 0.842. The Morgan fingerprint density at radius 3 is 1.96 bits per heavy atom. The first-order valence-corrected chi connectivity index (χ1v) is 9.01. The molecule has 0 spiro atoms. The molecule has 0 aliphatic carbocycles. The Balaban J connectivity index is 2.28. The van der Waals surface area contributed by atoms with Crippen LogP contribution in [0, 0.1) is 0 Å². The van der Waals surface area contributed by atoms with E-state index in [-0.39, 0.29) is 10.3 Å². The number of anilines is 1. The zero-order valence-electron chi connectivity index (χ0n) is 14.6. The van der Waals surface area contributed by atoms with Crippen LogP contribution in [0.3, 0.4) is 0 Å². The minimum atomic E-state index is -3.70. The normalized spacial score (nSPS) is 11.9. The molecule has 6 heteroatoms. The zero-order valence-corrected chi connectivity index (χ0v) is 15.4. The fourth-order valence-corrected chi connectivity index (χ4v) is 3.31. The summed E-state index contributed by atoms with van der Waals surface area (Å²) in [6, 6.07) is 11.9. The van der Waals surface area contributed by atoms with E-state index in [1.165, 1.54) is 26.4 Å². The average molecular weight is 349 g/mol. The Labute approximate surface area is 143 Å². The third-order valence-corrected chi connectivity index (χ3v) is 5.05. The van der Waals surface area contributed by atoms with Gasteiger partial charge in [0.2, 0.25) is 0 Å². The summed E-state index contributed by atoms with van der Waals surface area (Å²) in [5.41, 5.74) is 1.66. The van der Waals surface area contributed by atoms with Crippen molar-refractivity contribution < 1.29 is 17.9 Å². The number of ether oxygens (including phenoxy) is 2. The van der Waals surface area contributed by atoms with Crippen LogP contribution < -0.4 is 14.2 Å². The minimum Gasteiger partial charge on any atom is -0.493 e. The first-order chi connectivity index (χ1) is 11.2. The molecule has 0 aliphatic heterocycles. The first-order valence-electron chi connectivity index (χ1n) is 7.53. The van der Waals surface area contributed by atoms with E-state index in [9.17, 15) is 8.42 Å². The highest BCUT2D eigenvalue weighted by Gasteiger charge is 2.18. The summed E-state index contributed by atoms with van der Waals surface area (Å²) in [6.45, 7) is 6.32. The van der Waals surface area contributed by atoms with E-state index in [0.717, 1.165) is 5.56 Å². The second-order valence-corrected chi connectivity index (χ2v) is 8.13. The lowest BCUT2D eigenvalue weighted by atomic mass is 9.87. The van der Waals surface area contributed by atoms with Crippen LogP contribution in [0.5, 0.6) is 11.5 Å². The summed E-state index contributed by atoms with van der Waals surface area (Å²) in [5, 5.41) is 0. The lowest BCUT2D eigenvalue weighted by molar-refractivity contribution is 0.354. The number of methoxy groups -OCH3 is 2. The Morgan fingerprint density at radius 2 is 1.46 bits per heavy atom. The van der Waals surface area contributed by atoms with E-state index in [1.54, 1.807) is 18.2 Å². The van der Waals surface area contributed by atoms with Gasteiger partial charge in [-0.3, -0.25) is 4.72 Å². The maximum Gasteiger partial charge on any atom is 0.262 e. The molecule has 0 amide bonds. The molecule has 0 bridgehead atoms. The van der Waals surface area contributed by atoms with Crippen molar-refractivity contribution in [2.75, 3.05) is 18.9 Å². The molecule has 2 aromatic carbocycles. The van der Waals surface area contributed by atoms with Gasteiger partial charge in [-0.05, 0) is 35.2 Å². The van der Waals surface area contributed by atoms with Crippen molar-refractivity contribution in [2.24, 2.45) is 0 Å². The molecule has 0 fully saturated rings. The van der Waals surface area contributed by atoms with Gasteiger partial charge in [-0.25, -0.2) is 8.42 Å². The molecular weight excluding hydrogens is 326 g/mol. The van der Waals surface area contributed by atoms with Crippen LogP contribution in [-0.4, -0.2) is 22.6 Å². The second kappa shape index (κ2) is 6.73. The molecule has 5 nitrogen and oxygen atoms in total. The van der Waals surface area contributed by atoms with Crippen LogP contribution in [0.4, 0.5) is 5.69 Å². The number of benzene rings is 2. The molecule has 1 N–H and O–H groups in total. The number of rotatable bonds is 5. The molecule has 0 heterocycles. The maximum atomic E-state index is 12.5. The fraction of sp³-hybridized carbons (Fsp3) is 0.333. The van der Waals surface area contributed by atoms with Gasteiger partial charge in [0, 0.05) is 11.8 Å². The van der Waals surface area contributed by atoms with Gasteiger partial charge in [0.15, 0.2) is 11.5 Å². The molecular formula is C18H23NO4S. The average Bonchev–Trinajstić information content (AvgIpc) is 2.53. The van der Waals surface area contributed by atoms with Crippen molar-refractivity contribution in [3.63, 3.8) is 0 Å². The van der Waals surface area contributed by atoms with E-state index < -0.39 is 10.0 Å². The quantitative estimate of drug-likeness (QED) is 0.892. The van der Waals surface area contributed by atoms with Gasteiger partial charge < -0.3 is 9.47 Å². The summed E-state index contributed by atoms with van der Waals surface area (Å²) in [7, 11) is -0.739. The van der Waals surface area contributed by atoms with Gasteiger partial charge in [-0.1, -0.05) is 32.9 Å². The van der Waals surface area contributed by atoms with Gasteiger partial charge in [-0.2, -0.15) is 0 Å². The largest absolute Gasteiger partial charge is 0.493 e. The highest BCUT2D eigenvalue weighted by Crippen LogP contribution is 2.30. The smallest absolute Gasteiger partial charge is 0.262 e. The fourth-order valence-electron chi connectivity index (χ4n) is 2.24. The molecule has 2 rings (SSSR count). The summed E-state index contributed by atoms with van der Waals surface area (Å²) < 4.78 is 38.0. The van der Waals surface area contributed by atoms with E-state index in [2.05, 4.69) is 25.5 Å². The van der Waals surface area contributed by atoms with Crippen LogP contribution in [0.2, 0.25) is 0 Å². The minimum absolute atomic E-state index is 0.0146. The molecule has 24 heavy (non-hydrogen) atoms. The van der Waals surface area contributed by atoms with E-state index in [1.807, 2.05) is 12.1 Å². The molecule has 2 aromatic rings. The summed E-state index contributed by atoms with van der Waals surface area (Å²) in [6.07, 6.45) is 0. The predicted molar refractivity (Wildman–Crippen MR) is 95.5 cm³/mol. The molecule has 0 atom stereocenters. The molecule has 0 unspecified atom stereocenters. The SMILES string of the molecule is COc1ccc(S(=O)(=O)Nc2ccc(C(C)(C)C)cc2)cc1OC. The summed E-state index contributed by atoms with van der Waals surface area (Å²) in [4.78, 5) is 0.111. The predicted octanol–water partition coefficient (Wildman–Crippen LogP) is 3.80. The van der Waals surface area contributed by atoms with E-state index in [4.69, 9.17) is 9.47 Å². The number of sulfonamides is 1. The Kier molecular flexibility index (Phi) is 5.08. The van der Waals surface area contributed by atoms with Gasteiger partial charge in [-0.15, -0.1) is 0 Å². The first kappa shape index (κ1) is 18.1. The van der Waals surface area contributed by atoms with Crippen LogP contribution in [0.15, 0.2) is 47.4 Å². The van der Waals surface area contributed by atoms with Crippen LogP contribution >= 0.6 is 0 Å². The second-order valence-electron chi connectivity index (χ2n) is 6.45. The lowest BCUT2D eigenvalue weighted by Gasteiger charge is -2.19. The highest BCUT2D eigenvalue weighted by molar-refractivity contribution is 7.92. The van der Waals surface area contributed by atoms with Crippen molar-refractivity contribution in [3.05, 3.63) is 48.0 Å². The molecule has 130 valence electrons. The molecule has 0 aliphatic rings. The molecule has 0 radical (unpaired) electrons. The maximum absolute atomic E-state index is 12.5. The molecule has 0 saturated carbocycles. The monoisotopic (exact) mass is 349 g/mol. The van der Waals surface area contributed by atoms with Crippen molar-refractivity contribution in [1.82, 2.24) is 0 Å².